The Kier molecular flexibility index (Phi) is 6.95. The molecule has 3 atom stereocenters. The van der Waals surface area contributed by atoms with Gasteiger partial charge in [0, 0.05) is 6.54 Å². The van der Waals surface area contributed by atoms with Crippen LogP contribution in [-0.2, 0) is 14.9 Å². The molecule has 1 amide bonds. The zero-order valence-corrected chi connectivity index (χ0v) is 21.3. The van der Waals surface area contributed by atoms with Crippen LogP contribution in [0.1, 0.15) is 56.9 Å². The summed E-state index contributed by atoms with van der Waals surface area (Å²) >= 11 is 0. The van der Waals surface area contributed by atoms with Crippen molar-refractivity contribution in [3.05, 3.63) is 29.8 Å². The normalized spacial score (nSPS) is 37.6. The van der Waals surface area contributed by atoms with Gasteiger partial charge in [0.05, 0.1) is 17.0 Å². The number of aryl methyl sites for hydroxylation is 1. The number of carbonyl (C=O) groups is 1. The summed E-state index contributed by atoms with van der Waals surface area (Å²) in [6.07, 6.45) is 10.2. The minimum atomic E-state index is -4.02. The highest BCUT2D eigenvalue weighted by atomic mass is 32.2. The molecular formula is C27H37N3O4S. The summed E-state index contributed by atoms with van der Waals surface area (Å²) in [4.78, 5) is 14.6. The van der Waals surface area contributed by atoms with Crippen LogP contribution in [-0.4, -0.2) is 49.0 Å². The molecular weight excluding hydrogens is 462 g/mol. The maximum atomic E-state index is 12.9. The lowest BCUT2D eigenvalue weighted by atomic mass is 9.49. The summed E-state index contributed by atoms with van der Waals surface area (Å²) in [5.74, 6) is 5.70. The number of nitriles is 1. The Morgan fingerprint density at radius 2 is 1.66 bits per heavy atom. The second-order valence-corrected chi connectivity index (χ2v) is 13.0. The Labute approximate surface area is 209 Å². The topological polar surface area (TPSA) is 110 Å². The van der Waals surface area contributed by atoms with Crippen LogP contribution in [0.4, 0.5) is 0 Å². The van der Waals surface area contributed by atoms with Crippen molar-refractivity contribution in [2.45, 2.75) is 75.3 Å². The largest absolute Gasteiger partial charge is 0.325 e. The molecule has 2 aliphatic heterocycles. The van der Waals surface area contributed by atoms with Crippen molar-refractivity contribution in [2.75, 3.05) is 13.1 Å². The van der Waals surface area contributed by atoms with E-state index in [0.29, 0.717) is 5.92 Å². The molecule has 4 bridgehead atoms. The maximum Gasteiger partial charge on any atom is 0.294 e. The number of amides is 1. The highest BCUT2D eigenvalue weighted by molar-refractivity contribution is 7.85. The second-order valence-electron chi connectivity index (χ2n) is 11.6. The first-order valence-electron chi connectivity index (χ1n) is 13.2. The first kappa shape index (κ1) is 24.7. The number of hydrogen-bond acceptors (Lipinski definition) is 5. The van der Waals surface area contributed by atoms with E-state index in [1.165, 1.54) is 44.2 Å². The molecule has 2 N–H and O–H groups in total. The van der Waals surface area contributed by atoms with E-state index in [4.69, 9.17) is 4.55 Å². The predicted octanol–water partition coefficient (Wildman–Crippen LogP) is 3.79. The van der Waals surface area contributed by atoms with Gasteiger partial charge in [-0.2, -0.15) is 13.7 Å². The fourth-order valence-corrected chi connectivity index (χ4v) is 8.54. The van der Waals surface area contributed by atoms with Crippen LogP contribution in [0.3, 0.4) is 0 Å². The standard InChI is InChI=1S/C20H29N3O.C7H8O3S/c21-10-17-2-1-3-23(17)20(24)18-9-16(11-22-18)19-14-5-12-4-13(7-14)8-15(19)6-12;1-6-2-4-7(5-3-6)11(8,9)10/h12-19,22H,1-9,11H2;2-5H,1H3,(H,8,9,10)/t12?,13?,14?,15?,16-,17-,18-,19?;/m0./s1. The average molecular weight is 500 g/mol. The molecule has 0 radical (unpaired) electrons. The number of nitrogens with one attached hydrogen (secondary N) is 1. The maximum absolute atomic E-state index is 12.9. The SMILES string of the molecule is Cc1ccc(S(=O)(=O)O)cc1.N#C[C@@H]1CCCN1C(=O)[C@@H]1C[C@H](C2C3CC4CC(C3)CC2C4)CN1. The van der Waals surface area contributed by atoms with Crippen molar-refractivity contribution < 1.29 is 17.8 Å². The fourth-order valence-electron chi connectivity index (χ4n) is 8.06. The molecule has 190 valence electrons. The second kappa shape index (κ2) is 9.84. The monoisotopic (exact) mass is 499 g/mol. The van der Waals surface area contributed by atoms with Gasteiger partial charge in [-0.25, -0.2) is 0 Å². The van der Waals surface area contributed by atoms with Gasteiger partial charge in [0.25, 0.3) is 10.1 Å². The minimum Gasteiger partial charge on any atom is -0.325 e. The molecule has 0 unspecified atom stereocenters. The van der Waals surface area contributed by atoms with E-state index in [0.717, 1.165) is 67.5 Å². The molecule has 7 rings (SSSR count). The van der Waals surface area contributed by atoms with Crippen molar-refractivity contribution in [1.29, 1.82) is 5.26 Å². The number of benzene rings is 1. The fraction of sp³-hybridized carbons (Fsp3) is 0.704. The third kappa shape index (κ3) is 5.14. The molecule has 2 saturated heterocycles. The Bertz CT molecular complexity index is 1050. The van der Waals surface area contributed by atoms with Gasteiger partial charge in [0.2, 0.25) is 5.91 Å². The van der Waals surface area contributed by atoms with E-state index < -0.39 is 10.1 Å². The molecule has 4 aliphatic carbocycles. The van der Waals surface area contributed by atoms with Crippen molar-refractivity contribution in [3.8, 4) is 6.07 Å². The Hall–Kier alpha value is -1.95. The molecule has 8 heteroatoms. The smallest absolute Gasteiger partial charge is 0.294 e. The van der Waals surface area contributed by atoms with Crippen LogP contribution in [0, 0.1) is 53.8 Å². The predicted molar refractivity (Wildman–Crippen MR) is 132 cm³/mol. The number of likely N-dealkylation sites (tertiary alicyclic amines) is 1. The first-order valence-corrected chi connectivity index (χ1v) is 14.6. The van der Waals surface area contributed by atoms with Gasteiger partial charge in [-0.15, -0.1) is 0 Å². The van der Waals surface area contributed by atoms with E-state index in [2.05, 4.69) is 11.4 Å². The van der Waals surface area contributed by atoms with E-state index in [9.17, 15) is 18.5 Å². The lowest BCUT2D eigenvalue weighted by Gasteiger charge is -2.56. The highest BCUT2D eigenvalue weighted by Gasteiger charge is 2.52. The molecule has 0 aromatic heterocycles. The first-order chi connectivity index (χ1) is 16.7. The summed E-state index contributed by atoms with van der Waals surface area (Å²) in [6, 6.07) is 8.09. The van der Waals surface area contributed by atoms with Gasteiger partial charge >= 0.3 is 0 Å². The van der Waals surface area contributed by atoms with Gasteiger partial charge in [0.1, 0.15) is 6.04 Å². The van der Waals surface area contributed by atoms with E-state index in [1.54, 1.807) is 12.1 Å². The van der Waals surface area contributed by atoms with Crippen LogP contribution >= 0.6 is 0 Å². The Morgan fingerprint density at radius 1 is 1.03 bits per heavy atom. The van der Waals surface area contributed by atoms with E-state index in [-0.39, 0.29) is 22.9 Å². The van der Waals surface area contributed by atoms with Crippen LogP contribution in [0.15, 0.2) is 29.2 Å². The van der Waals surface area contributed by atoms with Crippen molar-refractivity contribution in [2.24, 2.45) is 35.5 Å². The van der Waals surface area contributed by atoms with Crippen LogP contribution < -0.4 is 5.32 Å². The van der Waals surface area contributed by atoms with Crippen molar-refractivity contribution >= 4 is 16.0 Å². The summed E-state index contributed by atoms with van der Waals surface area (Å²) in [5.41, 5.74) is 0.956. The quantitative estimate of drug-likeness (QED) is 0.612. The number of hydrogen-bond donors (Lipinski definition) is 2. The van der Waals surface area contributed by atoms with Crippen LogP contribution in [0.25, 0.3) is 0 Å². The molecule has 0 spiro atoms. The van der Waals surface area contributed by atoms with Gasteiger partial charge in [-0.1, -0.05) is 17.7 Å². The average Bonchev–Trinajstić information content (AvgIpc) is 3.48. The third-order valence-corrected chi connectivity index (χ3v) is 10.2. The van der Waals surface area contributed by atoms with Crippen LogP contribution in [0.2, 0.25) is 0 Å². The van der Waals surface area contributed by atoms with Gasteiger partial charge < -0.3 is 10.2 Å². The molecule has 2 heterocycles. The molecule has 7 nitrogen and oxygen atoms in total. The molecule has 1 aromatic carbocycles. The van der Waals surface area contributed by atoms with E-state index >= 15 is 0 Å². The van der Waals surface area contributed by atoms with Gasteiger partial charge in [-0.3, -0.25) is 9.35 Å². The Balaban J connectivity index is 0.000000195. The highest BCUT2D eigenvalue weighted by Crippen LogP contribution is 2.59. The third-order valence-electron chi connectivity index (χ3n) is 9.31. The molecule has 35 heavy (non-hydrogen) atoms. The summed E-state index contributed by atoms with van der Waals surface area (Å²) < 4.78 is 29.6. The van der Waals surface area contributed by atoms with Gasteiger partial charge in [-0.05, 0) is 112 Å². The zero-order chi connectivity index (χ0) is 24.7. The minimum absolute atomic E-state index is 0.0267. The molecule has 1 aromatic rings. The number of nitrogens with zero attached hydrogens (tertiary/aromatic N) is 2. The number of rotatable bonds is 3. The molecule has 6 fully saturated rings. The van der Waals surface area contributed by atoms with Crippen molar-refractivity contribution in [1.82, 2.24) is 10.2 Å². The summed E-state index contributed by atoms with van der Waals surface area (Å²) in [6.45, 7) is 3.64. The zero-order valence-electron chi connectivity index (χ0n) is 20.5. The molecule has 6 aliphatic rings. The van der Waals surface area contributed by atoms with Gasteiger partial charge in [0.15, 0.2) is 0 Å². The summed E-state index contributed by atoms with van der Waals surface area (Å²) in [5, 5.41) is 12.8. The van der Waals surface area contributed by atoms with Crippen LogP contribution in [0.5, 0.6) is 0 Å². The van der Waals surface area contributed by atoms with E-state index in [1.807, 2.05) is 11.8 Å². The van der Waals surface area contributed by atoms with Crippen molar-refractivity contribution in [3.63, 3.8) is 0 Å². The lowest BCUT2D eigenvalue weighted by molar-refractivity contribution is -0.133. The Morgan fingerprint density at radius 3 is 2.23 bits per heavy atom. The summed E-state index contributed by atoms with van der Waals surface area (Å²) in [7, 11) is -4.02. The lowest BCUT2D eigenvalue weighted by Crippen LogP contribution is -2.48. The molecule has 4 saturated carbocycles. The number of carbonyl (C=O) groups excluding carboxylic acids is 1.